The molecule has 14 heteroatoms. The number of aryl methyl sites for hydroxylation is 3. The first-order chi connectivity index (χ1) is 25.1. The van der Waals surface area contributed by atoms with Crippen LogP contribution in [0.4, 0.5) is 27.9 Å². The summed E-state index contributed by atoms with van der Waals surface area (Å²) >= 11 is 0. The van der Waals surface area contributed by atoms with Crippen molar-refractivity contribution in [2.24, 2.45) is 7.05 Å². The fraction of sp³-hybridized carbons (Fsp3) is 0.289. The lowest BCUT2D eigenvalue weighted by molar-refractivity contribution is -0.136. The van der Waals surface area contributed by atoms with Gasteiger partial charge in [-0.05, 0) is 78.3 Å². The highest BCUT2D eigenvalue weighted by Gasteiger charge is 2.39. The maximum atomic E-state index is 13.3. The van der Waals surface area contributed by atoms with Gasteiger partial charge in [0, 0.05) is 62.8 Å². The predicted molar refractivity (Wildman–Crippen MR) is 194 cm³/mol. The minimum absolute atomic E-state index is 0.180. The van der Waals surface area contributed by atoms with Gasteiger partial charge in [0.05, 0.1) is 5.39 Å². The summed E-state index contributed by atoms with van der Waals surface area (Å²) in [5.41, 5.74) is 9.19. The molecule has 14 nitrogen and oxygen atoms in total. The largest absolute Gasteiger partial charge is 0.338 e. The van der Waals surface area contributed by atoms with Gasteiger partial charge in [-0.3, -0.25) is 19.7 Å². The number of urea groups is 1. The molecule has 2 aromatic heterocycles. The highest BCUT2D eigenvalue weighted by molar-refractivity contribution is 6.05. The van der Waals surface area contributed by atoms with E-state index in [1.54, 1.807) is 21.8 Å². The average molecular weight is 699 g/mol. The van der Waals surface area contributed by atoms with Gasteiger partial charge < -0.3 is 25.8 Å². The highest BCUT2D eigenvalue weighted by atomic mass is 16.2. The number of hydrogen-bond donors (Lipinski definition) is 4. The van der Waals surface area contributed by atoms with Crippen molar-refractivity contribution in [2.45, 2.75) is 58.8 Å². The van der Waals surface area contributed by atoms with Crippen molar-refractivity contribution in [3.05, 3.63) is 99.7 Å². The number of carbonyl (C=O) groups is 4. The Morgan fingerprint density at radius 1 is 0.942 bits per heavy atom. The second-order valence-corrected chi connectivity index (χ2v) is 13.6. The molecule has 0 spiro atoms. The van der Waals surface area contributed by atoms with Gasteiger partial charge in [-0.15, -0.1) is 0 Å². The van der Waals surface area contributed by atoms with Crippen molar-refractivity contribution >= 4 is 57.9 Å². The number of imide groups is 1. The van der Waals surface area contributed by atoms with Gasteiger partial charge in [-0.25, -0.2) is 14.5 Å². The molecule has 1 fully saturated rings. The van der Waals surface area contributed by atoms with E-state index in [-0.39, 0.29) is 30.8 Å². The highest BCUT2D eigenvalue weighted by Crippen LogP contribution is 2.31. The number of para-hydroxylation sites is 1. The number of anilines is 4. The average Bonchev–Trinajstić information content (AvgIpc) is 3.62. The Morgan fingerprint density at radius 2 is 1.77 bits per heavy atom. The van der Waals surface area contributed by atoms with Gasteiger partial charge in [0.2, 0.25) is 17.8 Å². The van der Waals surface area contributed by atoms with Crippen molar-refractivity contribution < 1.29 is 19.2 Å². The van der Waals surface area contributed by atoms with E-state index in [1.807, 2.05) is 37.4 Å². The van der Waals surface area contributed by atoms with Crippen molar-refractivity contribution in [3.8, 4) is 0 Å². The maximum Gasteiger partial charge on any atom is 0.317 e. The molecule has 0 bridgehead atoms. The van der Waals surface area contributed by atoms with Crippen LogP contribution in [0.25, 0.3) is 11.0 Å². The lowest BCUT2D eigenvalue weighted by Gasteiger charge is -2.29. The monoisotopic (exact) mass is 698 g/mol. The number of aromatic nitrogens is 4. The standard InChI is InChI=1S/C38H38N10O4/c1-21-5-4-6-22(2)32(21)43-33-29-18-39-37(44-34(29)46(3)45-33)41-27-9-8-24-13-14-47(19-25(24)16-27)38(52)40-17-23-7-10-28-26(15-23)20-48(36(28)51)30-11-12-31(49)42-35(30)50/h4-10,15-16,18,30H,11-14,17,19-20H2,1-3H3,(H,40,52)(H,43,45)(H,39,41,44)(H,42,49,50). The SMILES string of the molecule is Cc1cccc(C)c1Nc1nn(C)c2nc(Nc3ccc4c(c3)CN(C(=O)NCc3ccc5c(c3)CN(C3CCC(=O)NC3=O)C5=O)CC4)ncc12. The van der Waals surface area contributed by atoms with E-state index in [1.165, 1.54) is 10.5 Å². The summed E-state index contributed by atoms with van der Waals surface area (Å²) in [5.74, 6) is 0.155. The van der Waals surface area contributed by atoms with Crippen LogP contribution >= 0.6 is 0 Å². The summed E-state index contributed by atoms with van der Waals surface area (Å²) in [6.45, 7) is 5.74. The molecule has 1 unspecified atom stereocenters. The first-order valence-corrected chi connectivity index (χ1v) is 17.3. The zero-order valence-corrected chi connectivity index (χ0v) is 29.1. The summed E-state index contributed by atoms with van der Waals surface area (Å²) in [7, 11) is 1.86. The Hall–Kier alpha value is -6.31. The molecule has 0 aliphatic carbocycles. The molecule has 5 heterocycles. The van der Waals surface area contributed by atoms with E-state index in [0.717, 1.165) is 51.0 Å². The third kappa shape index (κ3) is 6.16. The number of fused-ring (bicyclic) bond motifs is 3. The molecule has 0 radical (unpaired) electrons. The molecule has 3 aliphatic rings. The van der Waals surface area contributed by atoms with Crippen LogP contribution in [0.15, 0.2) is 60.8 Å². The Balaban J connectivity index is 0.900. The number of rotatable bonds is 7. The Labute approximate surface area is 299 Å². The van der Waals surface area contributed by atoms with Crippen LogP contribution in [0.3, 0.4) is 0 Å². The van der Waals surface area contributed by atoms with Crippen LogP contribution in [0.5, 0.6) is 0 Å². The van der Waals surface area contributed by atoms with Crippen LogP contribution in [-0.4, -0.2) is 65.9 Å². The van der Waals surface area contributed by atoms with Crippen LogP contribution in [0, 0.1) is 13.8 Å². The lowest BCUT2D eigenvalue weighted by Crippen LogP contribution is -2.52. The second kappa shape index (κ2) is 13.1. The smallest absolute Gasteiger partial charge is 0.317 e. The number of benzene rings is 3. The van der Waals surface area contributed by atoms with Gasteiger partial charge in [0.25, 0.3) is 5.91 Å². The molecule has 52 heavy (non-hydrogen) atoms. The quantitative estimate of drug-likeness (QED) is 0.179. The lowest BCUT2D eigenvalue weighted by atomic mass is 9.99. The van der Waals surface area contributed by atoms with E-state index in [2.05, 4.69) is 63.4 Å². The van der Waals surface area contributed by atoms with E-state index < -0.39 is 11.9 Å². The van der Waals surface area contributed by atoms with Crippen molar-refractivity contribution in [2.75, 3.05) is 17.2 Å². The fourth-order valence-corrected chi connectivity index (χ4v) is 7.28. The summed E-state index contributed by atoms with van der Waals surface area (Å²) in [5, 5.41) is 17.6. The zero-order chi connectivity index (χ0) is 36.1. The molecule has 3 aromatic carbocycles. The molecule has 264 valence electrons. The van der Waals surface area contributed by atoms with E-state index in [4.69, 9.17) is 4.98 Å². The summed E-state index contributed by atoms with van der Waals surface area (Å²) in [6.07, 6.45) is 3.02. The molecule has 1 saturated heterocycles. The number of piperidine rings is 1. The number of hydrogen-bond acceptors (Lipinski definition) is 9. The normalized spacial score (nSPS) is 16.8. The summed E-state index contributed by atoms with van der Waals surface area (Å²) < 4.78 is 1.74. The predicted octanol–water partition coefficient (Wildman–Crippen LogP) is 4.50. The van der Waals surface area contributed by atoms with Gasteiger partial charge in [-0.2, -0.15) is 10.1 Å². The molecule has 0 saturated carbocycles. The third-order valence-electron chi connectivity index (χ3n) is 10.1. The number of amides is 5. The molecule has 5 amide bonds. The van der Waals surface area contributed by atoms with Crippen LogP contribution < -0.4 is 21.3 Å². The zero-order valence-electron chi connectivity index (χ0n) is 29.1. The van der Waals surface area contributed by atoms with Gasteiger partial charge in [0.1, 0.15) is 6.04 Å². The van der Waals surface area contributed by atoms with Crippen molar-refractivity contribution in [3.63, 3.8) is 0 Å². The number of nitrogens with zero attached hydrogens (tertiary/aromatic N) is 6. The number of nitrogens with one attached hydrogen (secondary N) is 4. The van der Waals surface area contributed by atoms with Crippen molar-refractivity contribution in [1.82, 2.24) is 40.2 Å². The number of carbonyl (C=O) groups excluding carboxylic acids is 4. The first kappa shape index (κ1) is 32.9. The van der Waals surface area contributed by atoms with Crippen molar-refractivity contribution in [1.29, 1.82) is 0 Å². The van der Waals surface area contributed by atoms with Gasteiger partial charge in [0.15, 0.2) is 11.5 Å². The van der Waals surface area contributed by atoms with Gasteiger partial charge in [-0.1, -0.05) is 36.4 Å². The van der Waals surface area contributed by atoms with E-state index in [9.17, 15) is 19.2 Å². The topological polar surface area (TPSA) is 166 Å². The molecule has 8 rings (SSSR count). The van der Waals surface area contributed by atoms with E-state index in [0.29, 0.717) is 49.0 Å². The molecule has 4 N–H and O–H groups in total. The second-order valence-electron chi connectivity index (χ2n) is 13.6. The van der Waals surface area contributed by atoms with E-state index >= 15 is 0 Å². The Morgan fingerprint density at radius 3 is 2.58 bits per heavy atom. The maximum absolute atomic E-state index is 13.3. The Bertz CT molecular complexity index is 2280. The molecular weight excluding hydrogens is 660 g/mol. The summed E-state index contributed by atoms with van der Waals surface area (Å²) in [6, 6.07) is 16.9. The molecule has 3 aliphatic heterocycles. The molecule has 5 aromatic rings. The molecule has 1 atom stereocenters. The van der Waals surface area contributed by atoms with Crippen LogP contribution in [0.2, 0.25) is 0 Å². The minimum Gasteiger partial charge on any atom is -0.338 e. The fourth-order valence-electron chi connectivity index (χ4n) is 7.28. The third-order valence-corrected chi connectivity index (χ3v) is 10.1. The minimum atomic E-state index is -0.666. The summed E-state index contributed by atoms with van der Waals surface area (Å²) in [4.78, 5) is 63.0. The van der Waals surface area contributed by atoms with Gasteiger partial charge >= 0.3 is 6.03 Å². The van der Waals surface area contributed by atoms with Crippen LogP contribution in [0.1, 0.15) is 56.6 Å². The Kier molecular flexibility index (Phi) is 8.28. The first-order valence-electron chi connectivity index (χ1n) is 17.3. The molecular formula is C38H38N10O4. The van der Waals surface area contributed by atoms with Crippen LogP contribution in [-0.2, 0) is 42.7 Å².